The Balaban J connectivity index is 1.76. The van der Waals surface area contributed by atoms with Gasteiger partial charge in [0.25, 0.3) is 0 Å². The number of carbonyl (C=O) groups is 2. The first-order valence-electron chi connectivity index (χ1n) is 11.6. The van der Waals surface area contributed by atoms with Gasteiger partial charge in [0.15, 0.2) is 0 Å². The smallest absolute Gasteiger partial charge is 0.311 e. The Hall–Kier alpha value is -1.62. The van der Waals surface area contributed by atoms with Crippen LogP contribution in [0.5, 0.6) is 0 Å². The molecule has 0 bridgehead atoms. The number of ether oxygens (including phenoxy) is 2. The molecule has 0 spiro atoms. The van der Waals surface area contributed by atoms with Gasteiger partial charge in [0, 0.05) is 12.3 Å². The molecule has 3 rings (SSSR count). The van der Waals surface area contributed by atoms with Gasteiger partial charge in [0.05, 0.1) is 17.9 Å². The second-order valence-corrected chi connectivity index (χ2v) is 10.3. The van der Waals surface area contributed by atoms with Gasteiger partial charge in [-0.15, -0.1) is 0 Å². The molecule has 0 amide bonds. The Morgan fingerprint density at radius 1 is 1.27 bits per heavy atom. The van der Waals surface area contributed by atoms with Crippen LogP contribution in [-0.2, 0) is 19.1 Å². The van der Waals surface area contributed by atoms with E-state index < -0.39 is 11.5 Å². The summed E-state index contributed by atoms with van der Waals surface area (Å²) < 4.78 is 11.6. The average Bonchev–Trinajstić information content (AvgIpc) is 2.66. The third kappa shape index (κ3) is 5.16. The maximum absolute atomic E-state index is 12.9. The van der Waals surface area contributed by atoms with E-state index in [2.05, 4.69) is 32.1 Å². The van der Waals surface area contributed by atoms with E-state index in [4.69, 9.17) is 9.47 Å². The number of cyclic esters (lactones) is 1. The van der Waals surface area contributed by atoms with Gasteiger partial charge in [-0.25, -0.2) is 0 Å². The number of hydrogen-bond donors (Lipinski definition) is 1. The zero-order valence-corrected chi connectivity index (χ0v) is 19.1. The van der Waals surface area contributed by atoms with Crippen molar-refractivity contribution in [2.75, 3.05) is 0 Å². The van der Waals surface area contributed by atoms with Crippen molar-refractivity contribution in [2.24, 2.45) is 29.1 Å². The predicted molar refractivity (Wildman–Crippen MR) is 115 cm³/mol. The van der Waals surface area contributed by atoms with Crippen LogP contribution in [0, 0.1) is 29.1 Å². The summed E-state index contributed by atoms with van der Waals surface area (Å²) in [6.45, 7) is 10.3. The number of aliphatic hydroxyl groups excluding tert-OH is 1. The van der Waals surface area contributed by atoms with Crippen molar-refractivity contribution >= 4 is 11.9 Å². The van der Waals surface area contributed by atoms with Crippen LogP contribution in [0.25, 0.3) is 0 Å². The molecular weight excluding hydrogens is 380 g/mol. The van der Waals surface area contributed by atoms with E-state index in [-0.39, 0.29) is 36.5 Å². The molecule has 7 atom stereocenters. The lowest BCUT2D eigenvalue weighted by atomic mass is 9.65. The predicted octanol–water partition coefficient (Wildman–Crippen LogP) is 4.59. The SMILES string of the molecule is CCC(C)(C)C(=O)O[C@H]1C[C@@H](C)C=C2C=CC(C)C(CC[C@@H]3CC(O)CC(=O)O3)C21. The quantitative estimate of drug-likeness (QED) is 0.639. The fourth-order valence-corrected chi connectivity index (χ4v) is 5.08. The molecule has 0 radical (unpaired) electrons. The lowest BCUT2D eigenvalue weighted by Gasteiger charge is -2.44. The number of esters is 2. The molecular formula is C25H38O5. The Morgan fingerprint density at radius 3 is 2.67 bits per heavy atom. The van der Waals surface area contributed by atoms with Crippen molar-refractivity contribution in [1.82, 2.24) is 0 Å². The molecule has 1 N–H and O–H groups in total. The number of hydrogen-bond acceptors (Lipinski definition) is 5. The van der Waals surface area contributed by atoms with Crippen LogP contribution < -0.4 is 0 Å². The summed E-state index contributed by atoms with van der Waals surface area (Å²) in [5, 5.41) is 9.92. The van der Waals surface area contributed by atoms with E-state index in [1.165, 1.54) is 5.57 Å². The van der Waals surface area contributed by atoms with E-state index in [0.29, 0.717) is 24.2 Å². The van der Waals surface area contributed by atoms with E-state index >= 15 is 0 Å². The molecule has 5 nitrogen and oxygen atoms in total. The van der Waals surface area contributed by atoms with Gasteiger partial charge < -0.3 is 14.6 Å². The highest BCUT2D eigenvalue weighted by atomic mass is 16.6. The lowest BCUT2D eigenvalue weighted by Crippen LogP contribution is -2.43. The van der Waals surface area contributed by atoms with Crippen molar-refractivity contribution in [3.63, 3.8) is 0 Å². The van der Waals surface area contributed by atoms with Gasteiger partial charge >= 0.3 is 11.9 Å². The van der Waals surface area contributed by atoms with Gasteiger partial charge in [0.1, 0.15) is 12.2 Å². The van der Waals surface area contributed by atoms with Crippen molar-refractivity contribution in [3.8, 4) is 0 Å². The van der Waals surface area contributed by atoms with E-state index in [1.54, 1.807) is 0 Å². The third-order valence-electron chi connectivity index (χ3n) is 7.35. The summed E-state index contributed by atoms with van der Waals surface area (Å²) in [7, 11) is 0. The number of rotatable bonds is 6. The lowest BCUT2D eigenvalue weighted by molar-refractivity contribution is -0.166. The first-order chi connectivity index (χ1) is 14.1. The minimum atomic E-state index is -0.601. The second-order valence-electron chi connectivity index (χ2n) is 10.3. The van der Waals surface area contributed by atoms with Crippen molar-refractivity contribution < 1.29 is 24.2 Å². The maximum atomic E-state index is 12.9. The zero-order chi connectivity index (χ0) is 22.1. The summed E-state index contributed by atoms with van der Waals surface area (Å²) >= 11 is 0. The van der Waals surface area contributed by atoms with E-state index in [9.17, 15) is 14.7 Å². The average molecular weight is 419 g/mol. The van der Waals surface area contributed by atoms with Crippen molar-refractivity contribution in [1.29, 1.82) is 0 Å². The van der Waals surface area contributed by atoms with Gasteiger partial charge in [0.2, 0.25) is 0 Å². The van der Waals surface area contributed by atoms with Crippen LogP contribution in [0.3, 0.4) is 0 Å². The Kier molecular flexibility index (Phi) is 7.11. The molecule has 168 valence electrons. The monoisotopic (exact) mass is 418 g/mol. The van der Waals surface area contributed by atoms with Crippen LogP contribution in [0.1, 0.15) is 73.1 Å². The maximum Gasteiger partial charge on any atom is 0.311 e. The molecule has 1 aliphatic heterocycles. The zero-order valence-electron chi connectivity index (χ0n) is 19.1. The Bertz CT molecular complexity index is 706. The molecule has 3 aliphatic rings. The summed E-state index contributed by atoms with van der Waals surface area (Å²) in [5.74, 6) is 0.776. The number of carbonyl (C=O) groups excluding carboxylic acids is 2. The van der Waals surface area contributed by atoms with Crippen LogP contribution >= 0.6 is 0 Å². The first kappa shape index (κ1) is 23.1. The van der Waals surface area contributed by atoms with Gasteiger partial charge in [-0.1, -0.05) is 39.0 Å². The standard InChI is InChI=1S/C25H38O5/c1-6-25(4,5)24(28)30-21-12-15(2)11-17-8-7-16(3)20(23(17)21)10-9-19-13-18(26)14-22(27)29-19/h7-8,11,15-16,18-21,23,26H,6,9-10,12-14H2,1-5H3/t15-,16?,18?,19+,20?,21-,23?/m0/s1. The van der Waals surface area contributed by atoms with Gasteiger partial charge in [-0.2, -0.15) is 0 Å². The fourth-order valence-electron chi connectivity index (χ4n) is 5.08. The number of allylic oxidation sites excluding steroid dienone is 3. The minimum Gasteiger partial charge on any atom is -0.462 e. The molecule has 5 heteroatoms. The van der Waals surface area contributed by atoms with Crippen LogP contribution in [-0.4, -0.2) is 35.4 Å². The van der Waals surface area contributed by atoms with Gasteiger partial charge in [-0.3, -0.25) is 9.59 Å². The number of aliphatic hydroxyl groups is 1. The van der Waals surface area contributed by atoms with Crippen molar-refractivity contribution in [3.05, 3.63) is 23.8 Å². The van der Waals surface area contributed by atoms with E-state index in [0.717, 1.165) is 25.7 Å². The summed E-state index contributed by atoms with van der Waals surface area (Å²) in [6, 6.07) is 0. The summed E-state index contributed by atoms with van der Waals surface area (Å²) in [4.78, 5) is 24.6. The largest absolute Gasteiger partial charge is 0.462 e. The van der Waals surface area contributed by atoms with Gasteiger partial charge in [-0.05, 0) is 62.9 Å². The highest BCUT2D eigenvalue weighted by Gasteiger charge is 2.43. The molecule has 1 fully saturated rings. The van der Waals surface area contributed by atoms with E-state index in [1.807, 2.05) is 20.8 Å². The Labute approximate surface area is 180 Å². The molecule has 0 aromatic heterocycles. The normalized spacial score (nSPS) is 36.5. The highest BCUT2D eigenvalue weighted by molar-refractivity contribution is 5.76. The highest BCUT2D eigenvalue weighted by Crippen LogP contribution is 2.45. The Morgan fingerprint density at radius 2 is 2.00 bits per heavy atom. The summed E-state index contributed by atoms with van der Waals surface area (Å²) in [5.41, 5.74) is 0.785. The minimum absolute atomic E-state index is 0.0949. The molecule has 0 aromatic rings. The topological polar surface area (TPSA) is 72.8 Å². The fraction of sp³-hybridized carbons (Fsp3) is 0.760. The van der Waals surface area contributed by atoms with Crippen LogP contribution in [0.4, 0.5) is 0 Å². The third-order valence-corrected chi connectivity index (χ3v) is 7.35. The molecule has 2 aliphatic carbocycles. The second kappa shape index (κ2) is 9.25. The van der Waals surface area contributed by atoms with Crippen LogP contribution in [0.2, 0.25) is 0 Å². The molecule has 4 unspecified atom stereocenters. The van der Waals surface area contributed by atoms with Crippen LogP contribution in [0.15, 0.2) is 23.8 Å². The number of fused-ring (bicyclic) bond motifs is 1. The molecule has 1 heterocycles. The molecule has 0 aromatic carbocycles. The first-order valence-corrected chi connectivity index (χ1v) is 11.6. The molecule has 30 heavy (non-hydrogen) atoms. The summed E-state index contributed by atoms with van der Waals surface area (Å²) in [6.07, 6.45) is 9.61. The van der Waals surface area contributed by atoms with Crippen molar-refractivity contribution in [2.45, 2.75) is 91.5 Å². The molecule has 0 saturated carbocycles. The molecule has 1 saturated heterocycles.